The third-order valence-electron chi connectivity index (χ3n) is 3.31. The SMILES string of the molecule is C[C@@H]1CNC[C@H]1C(=O)N1CC[C@H](O)C1. The Kier molecular flexibility index (Phi) is 2.74. The first-order valence-corrected chi connectivity index (χ1v) is 5.36. The van der Waals surface area contributed by atoms with Crippen molar-refractivity contribution < 1.29 is 9.90 Å². The minimum Gasteiger partial charge on any atom is -0.391 e. The molecule has 80 valence electrons. The number of amides is 1. The molecule has 0 bridgehead atoms. The van der Waals surface area contributed by atoms with Crippen LogP contribution in [-0.4, -0.2) is 48.2 Å². The van der Waals surface area contributed by atoms with Crippen LogP contribution in [0.2, 0.25) is 0 Å². The molecule has 0 aliphatic carbocycles. The van der Waals surface area contributed by atoms with Gasteiger partial charge in [-0.15, -0.1) is 0 Å². The molecule has 4 heteroatoms. The zero-order chi connectivity index (χ0) is 10.1. The molecule has 0 aromatic rings. The van der Waals surface area contributed by atoms with Gasteiger partial charge in [0.1, 0.15) is 0 Å². The van der Waals surface area contributed by atoms with Gasteiger partial charge >= 0.3 is 0 Å². The average molecular weight is 198 g/mol. The number of carbonyl (C=O) groups excluding carboxylic acids is 1. The number of aliphatic hydroxyl groups excluding tert-OH is 1. The summed E-state index contributed by atoms with van der Waals surface area (Å²) in [6, 6.07) is 0. The Morgan fingerprint density at radius 3 is 2.79 bits per heavy atom. The summed E-state index contributed by atoms with van der Waals surface area (Å²) in [5, 5.41) is 12.6. The van der Waals surface area contributed by atoms with Gasteiger partial charge in [-0.3, -0.25) is 4.79 Å². The summed E-state index contributed by atoms with van der Waals surface area (Å²) < 4.78 is 0. The lowest BCUT2D eigenvalue weighted by Crippen LogP contribution is -2.37. The first-order valence-electron chi connectivity index (χ1n) is 5.36. The van der Waals surface area contributed by atoms with E-state index in [1.165, 1.54) is 0 Å². The molecule has 3 atom stereocenters. The van der Waals surface area contributed by atoms with Crippen LogP contribution in [0.15, 0.2) is 0 Å². The second kappa shape index (κ2) is 3.87. The Morgan fingerprint density at radius 1 is 1.50 bits per heavy atom. The van der Waals surface area contributed by atoms with Crippen molar-refractivity contribution in [2.45, 2.75) is 19.4 Å². The van der Waals surface area contributed by atoms with Crippen molar-refractivity contribution >= 4 is 5.91 Å². The van der Waals surface area contributed by atoms with Gasteiger partial charge in [-0.2, -0.15) is 0 Å². The van der Waals surface area contributed by atoms with Crippen LogP contribution in [0.25, 0.3) is 0 Å². The topological polar surface area (TPSA) is 52.6 Å². The summed E-state index contributed by atoms with van der Waals surface area (Å²) in [6.45, 7) is 5.10. The normalized spacial score (nSPS) is 37.9. The molecule has 0 radical (unpaired) electrons. The fourth-order valence-electron chi connectivity index (χ4n) is 2.32. The highest BCUT2D eigenvalue weighted by atomic mass is 16.3. The summed E-state index contributed by atoms with van der Waals surface area (Å²) in [7, 11) is 0. The maximum atomic E-state index is 12.0. The quantitative estimate of drug-likeness (QED) is 0.593. The lowest BCUT2D eigenvalue weighted by molar-refractivity contribution is -0.135. The fourth-order valence-corrected chi connectivity index (χ4v) is 2.32. The molecule has 2 aliphatic heterocycles. The molecular formula is C10H18N2O2. The van der Waals surface area contributed by atoms with Crippen LogP contribution in [0.3, 0.4) is 0 Å². The minimum absolute atomic E-state index is 0.125. The Labute approximate surface area is 84.3 Å². The first kappa shape index (κ1) is 9.93. The highest BCUT2D eigenvalue weighted by Crippen LogP contribution is 2.21. The number of nitrogens with one attached hydrogen (secondary N) is 1. The largest absolute Gasteiger partial charge is 0.391 e. The third-order valence-corrected chi connectivity index (χ3v) is 3.31. The molecule has 0 saturated carbocycles. The van der Waals surface area contributed by atoms with E-state index in [-0.39, 0.29) is 17.9 Å². The molecule has 2 heterocycles. The average Bonchev–Trinajstić information content (AvgIpc) is 2.73. The highest BCUT2D eigenvalue weighted by molar-refractivity contribution is 5.80. The number of hydrogen-bond acceptors (Lipinski definition) is 3. The van der Waals surface area contributed by atoms with E-state index in [9.17, 15) is 9.90 Å². The minimum atomic E-state index is -0.302. The monoisotopic (exact) mass is 198 g/mol. The second-order valence-corrected chi connectivity index (χ2v) is 4.47. The Morgan fingerprint density at radius 2 is 2.29 bits per heavy atom. The molecule has 1 amide bonds. The van der Waals surface area contributed by atoms with E-state index in [4.69, 9.17) is 0 Å². The van der Waals surface area contributed by atoms with Crippen LogP contribution < -0.4 is 5.32 Å². The van der Waals surface area contributed by atoms with Crippen molar-refractivity contribution in [1.29, 1.82) is 0 Å². The van der Waals surface area contributed by atoms with E-state index in [0.717, 1.165) is 26.1 Å². The predicted molar refractivity (Wildman–Crippen MR) is 52.7 cm³/mol. The summed E-state index contributed by atoms with van der Waals surface area (Å²) in [6.07, 6.45) is 0.434. The van der Waals surface area contributed by atoms with E-state index >= 15 is 0 Å². The van der Waals surface area contributed by atoms with Gasteiger partial charge in [0.05, 0.1) is 12.0 Å². The number of carbonyl (C=O) groups is 1. The molecule has 0 unspecified atom stereocenters. The molecule has 2 aliphatic rings. The van der Waals surface area contributed by atoms with Crippen LogP contribution >= 0.6 is 0 Å². The van der Waals surface area contributed by atoms with E-state index in [1.54, 1.807) is 4.90 Å². The van der Waals surface area contributed by atoms with Crippen molar-refractivity contribution in [3.05, 3.63) is 0 Å². The predicted octanol–water partition coefficient (Wildman–Crippen LogP) is -0.565. The van der Waals surface area contributed by atoms with E-state index in [1.807, 2.05) is 0 Å². The summed E-state index contributed by atoms with van der Waals surface area (Å²) in [4.78, 5) is 13.8. The Balaban J connectivity index is 1.94. The van der Waals surface area contributed by atoms with Crippen molar-refractivity contribution in [3.63, 3.8) is 0 Å². The molecule has 2 fully saturated rings. The van der Waals surface area contributed by atoms with E-state index in [0.29, 0.717) is 12.5 Å². The van der Waals surface area contributed by atoms with Crippen LogP contribution in [-0.2, 0) is 4.79 Å². The summed E-state index contributed by atoms with van der Waals surface area (Å²) in [5.74, 6) is 0.777. The maximum absolute atomic E-state index is 12.0. The zero-order valence-corrected chi connectivity index (χ0v) is 8.57. The van der Waals surface area contributed by atoms with Crippen molar-refractivity contribution in [3.8, 4) is 0 Å². The molecular weight excluding hydrogens is 180 g/mol. The number of hydrogen-bond donors (Lipinski definition) is 2. The van der Waals surface area contributed by atoms with Gasteiger partial charge in [0.15, 0.2) is 0 Å². The van der Waals surface area contributed by atoms with Crippen molar-refractivity contribution in [2.24, 2.45) is 11.8 Å². The van der Waals surface area contributed by atoms with Crippen LogP contribution in [0.1, 0.15) is 13.3 Å². The van der Waals surface area contributed by atoms with Crippen molar-refractivity contribution in [1.82, 2.24) is 10.2 Å². The van der Waals surface area contributed by atoms with Crippen molar-refractivity contribution in [2.75, 3.05) is 26.2 Å². The molecule has 14 heavy (non-hydrogen) atoms. The summed E-state index contributed by atoms with van der Waals surface area (Å²) in [5.41, 5.74) is 0. The van der Waals surface area contributed by atoms with Crippen LogP contribution in [0.5, 0.6) is 0 Å². The summed E-state index contributed by atoms with van der Waals surface area (Å²) >= 11 is 0. The molecule has 2 rings (SSSR count). The standard InChI is InChI=1S/C10H18N2O2/c1-7-4-11-5-9(7)10(14)12-3-2-8(13)6-12/h7-9,11,13H,2-6H2,1H3/t7-,8+,9-/m1/s1. The van der Waals surface area contributed by atoms with Gasteiger partial charge in [0, 0.05) is 19.6 Å². The van der Waals surface area contributed by atoms with E-state index in [2.05, 4.69) is 12.2 Å². The van der Waals surface area contributed by atoms with Gasteiger partial charge in [0.25, 0.3) is 0 Å². The number of β-amino-alcohol motifs (C(OH)–C–C–N with tert-alkyl or cyclic N) is 1. The number of nitrogens with zero attached hydrogens (tertiary/aromatic N) is 1. The van der Waals surface area contributed by atoms with E-state index < -0.39 is 0 Å². The maximum Gasteiger partial charge on any atom is 0.227 e. The first-order chi connectivity index (χ1) is 6.68. The zero-order valence-electron chi connectivity index (χ0n) is 8.57. The third kappa shape index (κ3) is 1.77. The van der Waals surface area contributed by atoms with Gasteiger partial charge in [-0.05, 0) is 18.9 Å². The van der Waals surface area contributed by atoms with Gasteiger partial charge in [-0.25, -0.2) is 0 Å². The molecule has 0 aromatic heterocycles. The number of rotatable bonds is 1. The molecule has 0 aromatic carbocycles. The molecule has 0 spiro atoms. The van der Waals surface area contributed by atoms with Gasteiger partial charge in [-0.1, -0.05) is 6.92 Å². The van der Waals surface area contributed by atoms with Crippen LogP contribution in [0, 0.1) is 11.8 Å². The number of aliphatic hydroxyl groups is 1. The highest BCUT2D eigenvalue weighted by Gasteiger charge is 2.35. The second-order valence-electron chi connectivity index (χ2n) is 4.47. The van der Waals surface area contributed by atoms with Gasteiger partial charge in [0.2, 0.25) is 5.91 Å². The molecule has 2 saturated heterocycles. The lowest BCUT2D eigenvalue weighted by Gasteiger charge is -2.21. The molecule has 4 nitrogen and oxygen atoms in total. The number of likely N-dealkylation sites (tertiary alicyclic amines) is 1. The lowest BCUT2D eigenvalue weighted by atomic mass is 9.97. The smallest absolute Gasteiger partial charge is 0.227 e. The fraction of sp³-hybridized carbons (Fsp3) is 0.900. The van der Waals surface area contributed by atoms with Gasteiger partial charge < -0.3 is 15.3 Å². The molecule has 2 N–H and O–H groups in total. The Hall–Kier alpha value is -0.610. The van der Waals surface area contributed by atoms with Crippen LogP contribution in [0.4, 0.5) is 0 Å². The Bertz CT molecular complexity index is 232.